The third-order valence-electron chi connectivity index (χ3n) is 2.07. The molecule has 0 unspecified atom stereocenters. The van der Waals surface area contributed by atoms with Crippen molar-refractivity contribution >= 4 is 28.7 Å². The molecule has 16 heavy (non-hydrogen) atoms. The van der Waals surface area contributed by atoms with Crippen molar-refractivity contribution in [3.8, 4) is 0 Å². The Hall–Kier alpha value is -0.720. The van der Waals surface area contributed by atoms with E-state index in [0.717, 1.165) is 31.8 Å². The molecule has 4 nitrogen and oxygen atoms in total. The molecule has 0 aliphatic rings. The van der Waals surface area contributed by atoms with Crippen LogP contribution in [0, 0.1) is 6.92 Å². The summed E-state index contributed by atoms with van der Waals surface area (Å²) in [6.07, 6.45) is 0.956. The van der Waals surface area contributed by atoms with Crippen molar-refractivity contribution in [3.05, 3.63) is 16.1 Å². The van der Waals surface area contributed by atoms with Crippen molar-refractivity contribution in [1.82, 2.24) is 15.6 Å². The van der Waals surface area contributed by atoms with Gasteiger partial charge in [0, 0.05) is 25.1 Å². The maximum absolute atomic E-state index is 5.14. The van der Waals surface area contributed by atoms with Gasteiger partial charge >= 0.3 is 0 Å². The molecule has 0 radical (unpaired) electrons. The lowest BCUT2D eigenvalue weighted by Crippen LogP contribution is -2.35. The second-order valence-electron chi connectivity index (χ2n) is 3.32. The third-order valence-corrected chi connectivity index (χ3v) is 3.29. The molecule has 0 aliphatic carbocycles. The Morgan fingerprint density at radius 1 is 1.56 bits per heavy atom. The molecule has 1 heterocycles. The first kappa shape index (κ1) is 13.3. The number of aromatic nitrogens is 1. The van der Waals surface area contributed by atoms with Crippen molar-refractivity contribution in [2.45, 2.75) is 19.9 Å². The lowest BCUT2D eigenvalue weighted by molar-refractivity contribution is 0.195. The van der Waals surface area contributed by atoms with Gasteiger partial charge in [-0.3, -0.25) is 0 Å². The van der Waals surface area contributed by atoms with E-state index in [4.69, 9.17) is 17.0 Å². The molecule has 0 saturated carbocycles. The Morgan fingerprint density at radius 2 is 2.38 bits per heavy atom. The Morgan fingerprint density at radius 3 is 3.00 bits per heavy atom. The molecule has 0 amide bonds. The highest BCUT2D eigenvalue weighted by molar-refractivity contribution is 7.80. The number of thiocarbonyl (C=S) groups is 1. The molecule has 0 spiro atoms. The summed E-state index contributed by atoms with van der Waals surface area (Å²) < 4.78 is 4.95. The van der Waals surface area contributed by atoms with E-state index in [1.54, 1.807) is 18.4 Å². The normalized spacial score (nSPS) is 10.1. The molecule has 0 atom stereocenters. The van der Waals surface area contributed by atoms with Gasteiger partial charge in [-0.2, -0.15) is 0 Å². The lowest BCUT2D eigenvalue weighted by Gasteiger charge is -2.09. The van der Waals surface area contributed by atoms with Gasteiger partial charge in [-0.05, 0) is 25.6 Å². The summed E-state index contributed by atoms with van der Waals surface area (Å²) in [7, 11) is 1.70. The summed E-state index contributed by atoms with van der Waals surface area (Å²) in [5.74, 6) is 0. The van der Waals surface area contributed by atoms with Crippen LogP contribution in [0.5, 0.6) is 0 Å². The van der Waals surface area contributed by atoms with Crippen molar-refractivity contribution in [2.75, 3.05) is 20.3 Å². The summed E-state index contributed by atoms with van der Waals surface area (Å²) in [6, 6.07) is 0. The number of ether oxygens (including phenoxy) is 1. The minimum absolute atomic E-state index is 0.684. The highest BCUT2D eigenvalue weighted by Gasteiger charge is 2.01. The topological polar surface area (TPSA) is 46.2 Å². The highest BCUT2D eigenvalue weighted by atomic mass is 32.1. The van der Waals surface area contributed by atoms with Gasteiger partial charge < -0.3 is 15.4 Å². The number of hydrogen-bond donors (Lipinski definition) is 2. The van der Waals surface area contributed by atoms with Gasteiger partial charge in [0.05, 0.1) is 17.7 Å². The minimum Gasteiger partial charge on any atom is -0.385 e. The number of thiazole rings is 1. The molecule has 0 bridgehead atoms. The van der Waals surface area contributed by atoms with Crippen molar-refractivity contribution in [3.63, 3.8) is 0 Å². The fraction of sp³-hybridized carbons (Fsp3) is 0.600. The standard InChI is InChI=1S/C10H17N3OS2/c1-8-9(16-7-13-8)6-12-10(15)11-4-3-5-14-2/h7H,3-6H2,1-2H3,(H2,11,12,15). The van der Waals surface area contributed by atoms with E-state index in [-0.39, 0.29) is 0 Å². The first-order chi connectivity index (χ1) is 7.74. The molecule has 0 saturated heterocycles. The number of methoxy groups -OCH3 is 1. The van der Waals surface area contributed by atoms with E-state index in [1.807, 2.05) is 12.4 Å². The second kappa shape index (κ2) is 7.54. The molecule has 1 rings (SSSR count). The van der Waals surface area contributed by atoms with Crippen molar-refractivity contribution in [2.24, 2.45) is 0 Å². The number of rotatable bonds is 6. The maximum Gasteiger partial charge on any atom is 0.166 e. The lowest BCUT2D eigenvalue weighted by atomic mass is 10.4. The van der Waals surface area contributed by atoms with E-state index >= 15 is 0 Å². The second-order valence-corrected chi connectivity index (χ2v) is 4.66. The molecular formula is C10H17N3OS2. The predicted molar refractivity (Wildman–Crippen MR) is 70.8 cm³/mol. The van der Waals surface area contributed by atoms with Crippen LogP contribution in [0.15, 0.2) is 5.51 Å². The Kier molecular flexibility index (Phi) is 6.29. The largest absolute Gasteiger partial charge is 0.385 e. The van der Waals surface area contributed by atoms with Crippen molar-refractivity contribution in [1.29, 1.82) is 0 Å². The van der Waals surface area contributed by atoms with E-state index in [0.29, 0.717) is 5.11 Å². The number of nitrogens with one attached hydrogen (secondary N) is 2. The van der Waals surface area contributed by atoms with Crippen LogP contribution >= 0.6 is 23.6 Å². The van der Waals surface area contributed by atoms with Crippen LogP contribution in [0.4, 0.5) is 0 Å². The van der Waals surface area contributed by atoms with Crippen LogP contribution in [-0.2, 0) is 11.3 Å². The van der Waals surface area contributed by atoms with Gasteiger partial charge in [-0.25, -0.2) is 4.98 Å². The summed E-state index contributed by atoms with van der Waals surface area (Å²) in [6.45, 7) is 4.33. The fourth-order valence-corrected chi connectivity index (χ4v) is 2.03. The van der Waals surface area contributed by atoms with Crippen LogP contribution in [-0.4, -0.2) is 30.4 Å². The fourth-order valence-electron chi connectivity index (χ4n) is 1.14. The molecule has 90 valence electrons. The van der Waals surface area contributed by atoms with Crippen LogP contribution in [0.25, 0.3) is 0 Å². The zero-order valence-electron chi connectivity index (χ0n) is 9.58. The SMILES string of the molecule is COCCCNC(=S)NCc1scnc1C. The van der Waals surface area contributed by atoms with Gasteiger partial charge in [-0.15, -0.1) is 11.3 Å². The zero-order valence-corrected chi connectivity index (χ0v) is 11.2. The first-order valence-corrected chi connectivity index (χ1v) is 6.42. The van der Waals surface area contributed by atoms with Gasteiger partial charge in [0.1, 0.15) is 0 Å². The molecule has 6 heteroatoms. The highest BCUT2D eigenvalue weighted by Crippen LogP contribution is 2.10. The van der Waals surface area contributed by atoms with Crippen molar-refractivity contribution < 1.29 is 4.74 Å². The van der Waals surface area contributed by atoms with Gasteiger partial charge in [-0.1, -0.05) is 0 Å². The van der Waals surface area contributed by atoms with Crippen LogP contribution in [0.2, 0.25) is 0 Å². The predicted octanol–water partition coefficient (Wildman–Crippen LogP) is 1.45. The quantitative estimate of drug-likeness (QED) is 0.598. The molecule has 1 aromatic rings. The third kappa shape index (κ3) is 4.87. The first-order valence-electron chi connectivity index (χ1n) is 5.13. The molecule has 0 fully saturated rings. The minimum atomic E-state index is 0.684. The van der Waals surface area contributed by atoms with E-state index in [2.05, 4.69) is 15.6 Å². The molecule has 1 aromatic heterocycles. The molecule has 0 aliphatic heterocycles. The van der Waals surface area contributed by atoms with E-state index in [9.17, 15) is 0 Å². The van der Waals surface area contributed by atoms with Gasteiger partial charge in [0.25, 0.3) is 0 Å². The smallest absolute Gasteiger partial charge is 0.166 e. The average Bonchev–Trinajstić information content (AvgIpc) is 2.67. The van der Waals surface area contributed by atoms with Gasteiger partial charge in [0.2, 0.25) is 0 Å². The van der Waals surface area contributed by atoms with E-state index in [1.165, 1.54) is 4.88 Å². The molecule has 2 N–H and O–H groups in total. The van der Waals surface area contributed by atoms with E-state index < -0.39 is 0 Å². The molecular weight excluding hydrogens is 242 g/mol. The maximum atomic E-state index is 5.14. The summed E-state index contributed by atoms with van der Waals surface area (Å²) in [5.41, 5.74) is 2.92. The summed E-state index contributed by atoms with van der Waals surface area (Å²) in [5, 5.41) is 6.96. The zero-order chi connectivity index (χ0) is 11.8. The number of aryl methyl sites for hydroxylation is 1. The average molecular weight is 259 g/mol. The summed E-state index contributed by atoms with van der Waals surface area (Å²) >= 11 is 6.78. The number of nitrogens with zero attached hydrogens (tertiary/aromatic N) is 1. The Balaban J connectivity index is 2.13. The van der Waals surface area contributed by atoms with Crippen LogP contribution in [0.3, 0.4) is 0 Å². The van der Waals surface area contributed by atoms with Crippen LogP contribution in [0.1, 0.15) is 17.0 Å². The Bertz CT molecular complexity index is 328. The van der Waals surface area contributed by atoms with Gasteiger partial charge in [0.15, 0.2) is 5.11 Å². The van der Waals surface area contributed by atoms with Crippen LogP contribution < -0.4 is 10.6 Å². The molecule has 0 aromatic carbocycles. The number of hydrogen-bond acceptors (Lipinski definition) is 4. The monoisotopic (exact) mass is 259 g/mol. The Labute approximate surface area is 105 Å². The summed E-state index contributed by atoms with van der Waals surface area (Å²) in [4.78, 5) is 5.40.